The van der Waals surface area contributed by atoms with Crippen LogP contribution in [0.25, 0.3) is 22.2 Å². The SMILES string of the molecule is N#Cc1cn([C@@H]2O[C@H](CCOP(=O)(O)O[C@@H]3[C@H](O)[C@@H](CO)O[C@H]3n3cnc4c(=O)[nH]c(N)nc43)[C@@H](O)[C@H]2O)c2ncnc(N)c12. The summed E-state index contributed by atoms with van der Waals surface area (Å²) in [5.41, 5.74) is 10.9. The second-order valence-electron chi connectivity index (χ2n) is 10.2. The monoisotopic (exact) mass is 650 g/mol. The van der Waals surface area contributed by atoms with Gasteiger partial charge in [-0.1, -0.05) is 0 Å². The summed E-state index contributed by atoms with van der Waals surface area (Å²) in [6, 6.07) is 1.96. The minimum Gasteiger partial charge on any atom is -0.394 e. The van der Waals surface area contributed by atoms with Crippen molar-refractivity contribution in [3.63, 3.8) is 0 Å². The van der Waals surface area contributed by atoms with E-state index in [1.165, 1.54) is 10.8 Å². The van der Waals surface area contributed by atoms with E-state index < -0.39 is 75.7 Å². The zero-order chi connectivity index (χ0) is 32.2. The van der Waals surface area contributed by atoms with Gasteiger partial charge in [0.1, 0.15) is 54.4 Å². The van der Waals surface area contributed by atoms with E-state index in [4.69, 9.17) is 30.0 Å². The number of phosphoric ester groups is 1. The first-order chi connectivity index (χ1) is 21.4. The van der Waals surface area contributed by atoms with Crippen LogP contribution in [0.3, 0.4) is 0 Å². The molecule has 0 saturated carbocycles. The van der Waals surface area contributed by atoms with Crippen molar-refractivity contribution in [2.75, 3.05) is 24.7 Å². The Morgan fingerprint density at radius 3 is 2.56 bits per heavy atom. The number of aromatic amines is 1. The van der Waals surface area contributed by atoms with E-state index in [0.717, 1.165) is 17.2 Å². The lowest BCUT2D eigenvalue weighted by atomic mass is 10.1. The third-order valence-corrected chi connectivity index (χ3v) is 8.52. The Hall–Kier alpha value is -4.07. The van der Waals surface area contributed by atoms with E-state index in [1.807, 2.05) is 6.07 Å². The Morgan fingerprint density at radius 2 is 1.82 bits per heavy atom. The maximum absolute atomic E-state index is 13.0. The van der Waals surface area contributed by atoms with Crippen LogP contribution in [0, 0.1) is 11.3 Å². The number of aliphatic hydroxyl groups is 4. The quantitative estimate of drug-likeness (QED) is 0.0858. The van der Waals surface area contributed by atoms with Crippen molar-refractivity contribution in [1.29, 1.82) is 5.26 Å². The Labute approximate surface area is 250 Å². The molecule has 0 aromatic carbocycles. The van der Waals surface area contributed by atoms with E-state index in [9.17, 15) is 39.9 Å². The molecule has 2 fully saturated rings. The average Bonchev–Trinajstić information content (AvgIpc) is 3.73. The van der Waals surface area contributed by atoms with Gasteiger partial charge in [0.05, 0.1) is 36.6 Å². The number of nitriles is 1. The summed E-state index contributed by atoms with van der Waals surface area (Å²) in [5, 5.41) is 51.5. The van der Waals surface area contributed by atoms with Gasteiger partial charge in [-0.05, 0) is 0 Å². The predicted molar refractivity (Wildman–Crippen MR) is 147 cm³/mol. The second kappa shape index (κ2) is 11.7. The minimum absolute atomic E-state index is 0.0348. The zero-order valence-electron chi connectivity index (χ0n) is 22.9. The lowest BCUT2D eigenvalue weighted by Crippen LogP contribution is -2.35. The molecule has 0 bridgehead atoms. The first kappa shape index (κ1) is 30.9. The van der Waals surface area contributed by atoms with Crippen LogP contribution in [0.5, 0.6) is 0 Å². The molecule has 0 aliphatic carbocycles. The van der Waals surface area contributed by atoms with Crippen LogP contribution in [0.15, 0.2) is 23.6 Å². The summed E-state index contributed by atoms with van der Waals surface area (Å²) in [6.45, 7) is -1.22. The number of hydrogen-bond donors (Lipinski definition) is 8. The second-order valence-corrected chi connectivity index (χ2v) is 11.6. The highest BCUT2D eigenvalue weighted by Crippen LogP contribution is 2.49. The highest BCUT2D eigenvalue weighted by atomic mass is 31.2. The molecule has 4 aromatic heterocycles. The molecule has 240 valence electrons. The summed E-state index contributed by atoms with van der Waals surface area (Å²) < 4.78 is 37.2. The van der Waals surface area contributed by atoms with Crippen molar-refractivity contribution in [2.24, 2.45) is 0 Å². The van der Waals surface area contributed by atoms with Crippen LogP contribution in [-0.2, 0) is 23.1 Å². The maximum Gasteiger partial charge on any atom is 0.472 e. The zero-order valence-corrected chi connectivity index (χ0v) is 23.8. The topological polar surface area (TPSA) is 325 Å². The average molecular weight is 651 g/mol. The highest BCUT2D eigenvalue weighted by molar-refractivity contribution is 7.47. The summed E-state index contributed by atoms with van der Waals surface area (Å²) in [5.74, 6) is -0.218. The van der Waals surface area contributed by atoms with Crippen LogP contribution in [0.1, 0.15) is 24.4 Å². The van der Waals surface area contributed by atoms with Gasteiger partial charge in [0.2, 0.25) is 5.95 Å². The van der Waals surface area contributed by atoms with Crippen molar-refractivity contribution >= 4 is 41.8 Å². The van der Waals surface area contributed by atoms with E-state index in [1.54, 1.807) is 0 Å². The van der Waals surface area contributed by atoms with Gasteiger partial charge < -0.3 is 50.8 Å². The van der Waals surface area contributed by atoms with Gasteiger partial charge in [-0.25, -0.2) is 19.5 Å². The van der Waals surface area contributed by atoms with Crippen molar-refractivity contribution in [1.82, 2.24) is 34.1 Å². The van der Waals surface area contributed by atoms with Gasteiger partial charge in [-0.15, -0.1) is 0 Å². The molecule has 22 heteroatoms. The number of anilines is 2. The molecule has 45 heavy (non-hydrogen) atoms. The first-order valence-electron chi connectivity index (χ1n) is 13.3. The lowest BCUT2D eigenvalue weighted by molar-refractivity contribution is -0.0528. The minimum atomic E-state index is -4.98. The van der Waals surface area contributed by atoms with Crippen LogP contribution in [0.4, 0.5) is 11.8 Å². The fourth-order valence-corrected chi connectivity index (χ4v) is 6.32. The molecule has 6 rings (SSSR count). The van der Waals surface area contributed by atoms with Gasteiger partial charge in [0.25, 0.3) is 5.56 Å². The number of nitrogens with one attached hydrogen (secondary N) is 1. The summed E-state index contributed by atoms with van der Waals surface area (Å²) >= 11 is 0. The third-order valence-electron chi connectivity index (χ3n) is 7.50. The molecule has 6 heterocycles. The summed E-state index contributed by atoms with van der Waals surface area (Å²) in [4.78, 5) is 40.9. The van der Waals surface area contributed by atoms with Gasteiger partial charge >= 0.3 is 7.82 Å². The lowest BCUT2D eigenvalue weighted by Gasteiger charge is -2.24. The Balaban J connectivity index is 1.15. The number of H-pyrrole nitrogens is 1. The number of aromatic nitrogens is 7. The molecule has 0 radical (unpaired) electrons. The van der Waals surface area contributed by atoms with Gasteiger partial charge in [-0.2, -0.15) is 10.2 Å². The number of phosphoric acid groups is 1. The first-order valence-corrected chi connectivity index (χ1v) is 14.8. The van der Waals surface area contributed by atoms with E-state index in [-0.39, 0.29) is 45.9 Å². The van der Waals surface area contributed by atoms with Crippen molar-refractivity contribution < 1.29 is 48.4 Å². The number of nitrogens with two attached hydrogens (primary N) is 2. The molecular formula is C23H27N10O11P. The molecule has 2 aliphatic heterocycles. The van der Waals surface area contributed by atoms with Gasteiger partial charge in [0, 0.05) is 12.6 Å². The van der Waals surface area contributed by atoms with Crippen molar-refractivity contribution in [3.05, 3.63) is 34.8 Å². The fourth-order valence-electron chi connectivity index (χ4n) is 5.39. The number of fused-ring (bicyclic) bond motifs is 2. The standard InChI is InChI=1S/C23H27N10O11P/c24-3-8-4-32(18-11(8)17(25)27-6-28-18)21-15(37)13(35)9(42-21)1-2-41-45(39,40)44-16-14(36)10(5-34)43-22(16)33-7-29-12-19(33)30-23(26)31-20(12)38/h4,6-7,9-10,13-16,21-22,34-37H,1-2,5H2,(H,39,40)(H2,25,27,28)(H3,26,30,31,38)/t9-,10-,13-,14-,15-,16-,21-,22-/m1/s1. The Kier molecular flexibility index (Phi) is 8.04. The number of rotatable bonds is 9. The van der Waals surface area contributed by atoms with Crippen LogP contribution in [-0.4, -0.2) is 109 Å². The van der Waals surface area contributed by atoms with E-state index >= 15 is 0 Å². The number of imidazole rings is 1. The molecule has 1 unspecified atom stereocenters. The van der Waals surface area contributed by atoms with E-state index in [0.29, 0.717) is 0 Å². The molecule has 21 nitrogen and oxygen atoms in total. The Morgan fingerprint density at radius 1 is 1.07 bits per heavy atom. The molecule has 0 amide bonds. The molecule has 10 N–H and O–H groups in total. The molecule has 9 atom stereocenters. The number of ether oxygens (including phenoxy) is 2. The van der Waals surface area contributed by atoms with Gasteiger partial charge in [-0.3, -0.25) is 23.4 Å². The molecule has 2 saturated heterocycles. The highest BCUT2D eigenvalue weighted by Gasteiger charge is 2.50. The van der Waals surface area contributed by atoms with Crippen LogP contribution < -0.4 is 17.0 Å². The molecular weight excluding hydrogens is 623 g/mol. The summed E-state index contributed by atoms with van der Waals surface area (Å²) in [7, 11) is -4.98. The third kappa shape index (κ3) is 5.42. The number of aliphatic hydroxyl groups excluding tert-OH is 4. The smallest absolute Gasteiger partial charge is 0.394 e. The normalized spacial score (nSPS) is 29.8. The van der Waals surface area contributed by atoms with E-state index in [2.05, 4.69) is 24.9 Å². The predicted octanol–water partition coefficient (Wildman–Crippen LogP) is -2.64. The molecule has 0 spiro atoms. The fraction of sp³-hybridized carbons (Fsp3) is 0.478. The van der Waals surface area contributed by atoms with Crippen molar-refractivity contribution in [2.45, 2.75) is 55.5 Å². The van der Waals surface area contributed by atoms with Crippen LogP contribution >= 0.6 is 7.82 Å². The van der Waals surface area contributed by atoms with Gasteiger partial charge in [0.15, 0.2) is 23.6 Å². The van der Waals surface area contributed by atoms with Crippen molar-refractivity contribution in [3.8, 4) is 6.07 Å². The summed E-state index contributed by atoms with van der Waals surface area (Å²) in [6.07, 6.45) is -7.78. The Bertz CT molecular complexity index is 1890. The number of nitrogen functional groups attached to an aromatic ring is 2. The number of nitrogens with zero attached hydrogens (tertiary/aromatic N) is 7. The maximum atomic E-state index is 13.0. The largest absolute Gasteiger partial charge is 0.472 e. The molecule has 2 aliphatic rings. The number of hydrogen-bond acceptors (Lipinski definition) is 17. The van der Waals surface area contributed by atoms with Crippen LogP contribution in [0.2, 0.25) is 0 Å². The molecule has 4 aromatic rings.